The van der Waals surface area contributed by atoms with Crippen LogP contribution in [0.3, 0.4) is 0 Å². The highest BCUT2D eigenvalue weighted by molar-refractivity contribution is 5.97. The smallest absolute Gasteiger partial charge is 0.174 e. The molecule has 4 nitrogen and oxygen atoms in total. The van der Waals surface area contributed by atoms with Crippen molar-refractivity contribution in [2.45, 2.75) is 43.9 Å². The lowest BCUT2D eigenvalue weighted by molar-refractivity contribution is 0.525. The first-order chi connectivity index (χ1) is 26.8. The Balaban J connectivity index is 1.10. The first-order valence-electron chi connectivity index (χ1n) is 19.3. The molecule has 8 aromatic rings. The SMILES string of the molecule is CC1(C)c2ccccc2-c2cc3c(cc21)N(c1ccc(N2c4ccccc4C(C)(C)c4ccccc42)cc1)c1ccccc1C31c2ccoc2-c2occc21. The van der Waals surface area contributed by atoms with Gasteiger partial charge in [0.2, 0.25) is 0 Å². The third kappa shape index (κ3) is 3.67. The molecule has 2 aromatic heterocycles. The fourth-order valence-corrected chi connectivity index (χ4v) is 10.7. The van der Waals surface area contributed by atoms with Crippen molar-refractivity contribution in [2.75, 3.05) is 9.80 Å². The molecule has 6 aromatic carbocycles. The van der Waals surface area contributed by atoms with E-state index in [2.05, 4.69) is 183 Å². The van der Waals surface area contributed by atoms with Crippen LogP contribution in [-0.2, 0) is 16.2 Å². The highest BCUT2D eigenvalue weighted by Crippen LogP contribution is 2.66. The maximum Gasteiger partial charge on any atom is 0.174 e. The summed E-state index contributed by atoms with van der Waals surface area (Å²) in [5.41, 5.74) is 18.7. The summed E-state index contributed by atoms with van der Waals surface area (Å²) in [4.78, 5) is 4.91. The number of nitrogens with zero attached hydrogens (tertiary/aromatic N) is 2. The summed E-state index contributed by atoms with van der Waals surface area (Å²) >= 11 is 0. The maximum absolute atomic E-state index is 6.23. The van der Waals surface area contributed by atoms with Crippen LogP contribution < -0.4 is 9.80 Å². The third-order valence-corrected chi connectivity index (χ3v) is 13.2. The lowest BCUT2D eigenvalue weighted by atomic mass is 9.64. The van der Waals surface area contributed by atoms with Crippen molar-refractivity contribution in [1.29, 1.82) is 0 Å². The molecule has 0 unspecified atom stereocenters. The number of benzene rings is 6. The Labute approximate surface area is 320 Å². The van der Waals surface area contributed by atoms with Gasteiger partial charge in [0.25, 0.3) is 0 Å². The molecule has 0 saturated carbocycles. The van der Waals surface area contributed by atoms with Crippen LogP contribution in [0.4, 0.5) is 34.1 Å². The molecule has 0 atom stereocenters. The first-order valence-corrected chi connectivity index (χ1v) is 19.3. The first kappa shape index (κ1) is 30.9. The van der Waals surface area contributed by atoms with Crippen LogP contribution in [0.2, 0.25) is 0 Å². The fraction of sp³-hybridized carbons (Fsp3) is 0.137. The summed E-state index contributed by atoms with van der Waals surface area (Å²) in [6.07, 6.45) is 3.63. The number of hydrogen-bond donors (Lipinski definition) is 0. The van der Waals surface area contributed by atoms with Gasteiger partial charge in [-0.15, -0.1) is 0 Å². The van der Waals surface area contributed by atoms with Crippen LogP contribution >= 0.6 is 0 Å². The normalized spacial score (nSPS) is 16.7. The van der Waals surface area contributed by atoms with Crippen LogP contribution in [0.25, 0.3) is 22.6 Å². The van der Waals surface area contributed by atoms with Crippen LogP contribution in [0.5, 0.6) is 0 Å². The molecule has 0 bridgehead atoms. The molecule has 0 amide bonds. The lowest BCUT2D eigenvalue weighted by Crippen LogP contribution is -2.36. The van der Waals surface area contributed by atoms with Crippen molar-refractivity contribution in [3.8, 4) is 22.6 Å². The average molecular weight is 711 g/mol. The van der Waals surface area contributed by atoms with E-state index in [1.54, 1.807) is 0 Å². The van der Waals surface area contributed by atoms with E-state index in [0.29, 0.717) is 0 Å². The van der Waals surface area contributed by atoms with Gasteiger partial charge in [0.15, 0.2) is 11.5 Å². The summed E-state index contributed by atoms with van der Waals surface area (Å²) < 4.78 is 12.5. The molecule has 2 aliphatic heterocycles. The van der Waals surface area contributed by atoms with Crippen LogP contribution in [0.15, 0.2) is 167 Å². The molecule has 0 fully saturated rings. The minimum Gasteiger partial charge on any atom is -0.461 e. The predicted octanol–water partition coefficient (Wildman–Crippen LogP) is 13.4. The maximum atomic E-state index is 6.23. The highest BCUT2D eigenvalue weighted by Gasteiger charge is 2.55. The molecular weight excluding hydrogens is 673 g/mol. The Morgan fingerprint density at radius 2 is 0.818 bits per heavy atom. The van der Waals surface area contributed by atoms with Gasteiger partial charge in [-0.25, -0.2) is 0 Å². The monoisotopic (exact) mass is 710 g/mol. The van der Waals surface area contributed by atoms with E-state index in [1.807, 2.05) is 12.5 Å². The second kappa shape index (κ2) is 10.4. The zero-order valence-electron chi connectivity index (χ0n) is 31.2. The van der Waals surface area contributed by atoms with Crippen molar-refractivity contribution in [1.82, 2.24) is 0 Å². The predicted molar refractivity (Wildman–Crippen MR) is 221 cm³/mol. The molecule has 12 rings (SSSR count). The molecule has 4 aliphatic rings. The van der Waals surface area contributed by atoms with Crippen LogP contribution in [0.1, 0.15) is 72.2 Å². The second-order valence-corrected chi connectivity index (χ2v) is 16.5. The molecular formula is C51H38N2O2. The van der Waals surface area contributed by atoms with Gasteiger partial charge >= 0.3 is 0 Å². The van der Waals surface area contributed by atoms with E-state index in [9.17, 15) is 0 Å². The molecule has 2 aliphatic carbocycles. The summed E-state index contributed by atoms with van der Waals surface area (Å²) in [7, 11) is 0. The molecule has 1 spiro atoms. The topological polar surface area (TPSA) is 32.8 Å². The number of furan rings is 2. The Hall–Kier alpha value is -6.52. The zero-order chi connectivity index (χ0) is 36.8. The van der Waals surface area contributed by atoms with Crippen molar-refractivity contribution in [2.24, 2.45) is 0 Å². The molecule has 0 radical (unpaired) electrons. The number of anilines is 6. The summed E-state index contributed by atoms with van der Waals surface area (Å²) in [6, 6.07) is 54.0. The highest BCUT2D eigenvalue weighted by atomic mass is 16.4. The summed E-state index contributed by atoms with van der Waals surface area (Å²) in [5, 5.41) is 0. The van der Waals surface area contributed by atoms with Gasteiger partial charge in [0.1, 0.15) is 0 Å². The van der Waals surface area contributed by atoms with Gasteiger partial charge in [0.05, 0.1) is 40.7 Å². The summed E-state index contributed by atoms with van der Waals surface area (Å²) in [6.45, 7) is 9.40. The van der Waals surface area contributed by atoms with Crippen molar-refractivity contribution < 1.29 is 8.83 Å². The minimum atomic E-state index is -0.613. The molecule has 0 N–H and O–H groups in total. The Morgan fingerprint density at radius 1 is 0.364 bits per heavy atom. The minimum absolute atomic E-state index is 0.113. The standard InChI is InChI=1S/C51H38N2O2/c1-49(2)35-14-6-5-13-33(35)34-29-42-46(30-41(34)49)53(45-20-12-9-17-38(45)51(42)39-25-27-54-47(39)48-40(51)26-28-55-48)32-23-21-31(22-24-32)52-43-18-10-7-15-36(43)50(3,4)37-16-8-11-19-44(37)52/h5-30H,1-4H3. The van der Waals surface area contributed by atoms with Gasteiger partial charge in [-0.3, -0.25) is 0 Å². The van der Waals surface area contributed by atoms with Gasteiger partial charge < -0.3 is 18.6 Å². The quantitative estimate of drug-likeness (QED) is 0.179. The molecule has 55 heavy (non-hydrogen) atoms. The largest absolute Gasteiger partial charge is 0.461 e. The van der Waals surface area contributed by atoms with E-state index in [1.165, 1.54) is 61.6 Å². The van der Waals surface area contributed by atoms with Crippen LogP contribution in [-0.4, -0.2) is 0 Å². The summed E-state index contributed by atoms with van der Waals surface area (Å²) in [5.74, 6) is 1.62. The molecule has 264 valence electrons. The zero-order valence-corrected chi connectivity index (χ0v) is 31.2. The van der Waals surface area contributed by atoms with Crippen molar-refractivity contribution in [3.05, 3.63) is 203 Å². The second-order valence-electron chi connectivity index (χ2n) is 16.5. The average Bonchev–Trinajstić information content (AvgIpc) is 3.99. The van der Waals surface area contributed by atoms with E-state index < -0.39 is 5.41 Å². The molecule has 0 saturated heterocycles. The number of hydrogen-bond acceptors (Lipinski definition) is 4. The van der Waals surface area contributed by atoms with E-state index in [-0.39, 0.29) is 10.8 Å². The number of rotatable bonds is 2. The van der Waals surface area contributed by atoms with E-state index in [4.69, 9.17) is 8.83 Å². The van der Waals surface area contributed by atoms with Gasteiger partial charge in [-0.2, -0.15) is 0 Å². The Bertz CT molecular complexity index is 2810. The Morgan fingerprint density at radius 3 is 1.40 bits per heavy atom. The number of para-hydroxylation sites is 3. The van der Waals surface area contributed by atoms with Crippen LogP contribution in [0, 0.1) is 0 Å². The number of fused-ring (bicyclic) bond motifs is 14. The van der Waals surface area contributed by atoms with Gasteiger partial charge in [0, 0.05) is 33.3 Å². The van der Waals surface area contributed by atoms with E-state index >= 15 is 0 Å². The fourth-order valence-electron chi connectivity index (χ4n) is 10.7. The molecule has 4 heteroatoms. The van der Waals surface area contributed by atoms with E-state index in [0.717, 1.165) is 39.7 Å². The third-order valence-electron chi connectivity index (χ3n) is 13.2. The van der Waals surface area contributed by atoms with Crippen molar-refractivity contribution >= 4 is 34.1 Å². The lowest BCUT2D eigenvalue weighted by Gasteiger charge is -2.45. The molecule has 4 heterocycles. The van der Waals surface area contributed by atoms with Crippen molar-refractivity contribution in [3.63, 3.8) is 0 Å². The van der Waals surface area contributed by atoms with Gasteiger partial charge in [-0.05, 0) is 111 Å². The van der Waals surface area contributed by atoms with Gasteiger partial charge in [-0.1, -0.05) is 107 Å². The Kier molecular flexibility index (Phi) is 5.82.